The average molecular weight is 278 g/mol. The van der Waals surface area contributed by atoms with Crippen molar-refractivity contribution in [3.8, 4) is 11.8 Å². The number of aliphatic hydroxyl groups excluding tert-OH is 1. The summed E-state index contributed by atoms with van der Waals surface area (Å²) in [6.07, 6.45) is 2.16. The van der Waals surface area contributed by atoms with Crippen molar-refractivity contribution in [2.75, 3.05) is 6.61 Å². The second kappa shape index (κ2) is 6.10. The van der Waals surface area contributed by atoms with Crippen molar-refractivity contribution < 1.29 is 9.90 Å². The molecule has 4 heteroatoms. The number of aliphatic hydroxyl groups is 1. The van der Waals surface area contributed by atoms with E-state index in [-0.39, 0.29) is 12.5 Å². The number of halogens is 1. The molecule has 1 aliphatic rings. The van der Waals surface area contributed by atoms with E-state index in [9.17, 15) is 4.79 Å². The summed E-state index contributed by atoms with van der Waals surface area (Å²) in [7, 11) is 0. The van der Waals surface area contributed by atoms with E-state index in [0.29, 0.717) is 28.1 Å². The SMILES string of the molecule is CCC1CC1NC(=O)c1ccc(C#CCO)c(Cl)c1. The molecule has 100 valence electrons. The molecule has 0 radical (unpaired) electrons. The fourth-order valence-corrected chi connectivity index (χ4v) is 2.25. The molecular formula is C15H16ClNO2. The summed E-state index contributed by atoms with van der Waals surface area (Å²) in [6.45, 7) is 1.92. The lowest BCUT2D eigenvalue weighted by atomic mass is 10.1. The monoisotopic (exact) mass is 277 g/mol. The molecule has 2 N–H and O–H groups in total. The predicted octanol–water partition coefficient (Wildman–Crippen LogP) is 2.21. The number of hydrogen-bond donors (Lipinski definition) is 2. The fraction of sp³-hybridized carbons (Fsp3) is 0.400. The molecule has 0 spiro atoms. The minimum atomic E-state index is -0.210. The molecule has 2 atom stereocenters. The Balaban J connectivity index is 2.05. The Bertz CT molecular complexity index is 545. The van der Waals surface area contributed by atoms with E-state index in [1.54, 1.807) is 18.2 Å². The molecule has 2 unspecified atom stereocenters. The van der Waals surface area contributed by atoms with Crippen LogP contribution in [0.1, 0.15) is 35.7 Å². The highest BCUT2D eigenvalue weighted by Crippen LogP contribution is 2.33. The second-order valence-corrected chi connectivity index (χ2v) is 5.05. The third kappa shape index (κ3) is 3.50. The van der Waals surface area contributed by atoms with Gasteiger partial charge in [-0.1, -0.05) is 36.8 Å². The number of hydrogen-bond acceptors (Lipinski definition) is 2. The number of amides is 1. The summed E-state index contributed by atoms with van der Waals surface area (Å²) in [5, 5.41) is 12.0. The average Bonchev–Trinajstić information content (AvgIpc) is 3.15. The number of nitrogens with one attached hydrogen (secondary N) is 1. The van der Waals surface area contributed by atoms with E-state index in [0.717, 1.165) is 12.8 Å². The Labute approximate surface area is 118 Å². The smallest absolute Gasteiger partial charge is 0.251 e. The molecule has 0 heterocycles. The van der Waals surface area contributed by atoms with Crippen LogP contribution in [0.25, 0.3) is 0 Å². The minimum absolute atomic E-state index is 0.0930. The van der Waals surface area contributed by atoms with Crippen molar-refractivity contribution >= 4 is 17.5 Å². The van der Waals surface area contributed by atoms with Gasteiger partial charge in [0.1, 0.15) is 6.61 Å². The first-order valence-electron chi connectivity index (χ1n) is 6.35. The van der Waals surface area contributed by atoms with Crippen molar-refractivity contribution in [1.82, 2.24) is 5.32 Å². The molecule has 1 saturated carbocycles. The van der Waals surface area contributed by atoms with E-state index >= 15 is 0 Å². The normalized spacial score (nSPS) is 20.4. The topological polar surface area (TPSA) is 49.3 Å². The highest BCUT2D eigenvalue weighted by molar-refractivity contribution is 6.32. The first-order chi connectivity index (χ1) is 9.15. The second-order valence-electron chi connectivity index (χ2n) is 4.64. The van der Waals surface area contributed by atoms with Crippen LogP contribution >= 0.6 is 11.6 Å². The summed E-state index contributed by atoms with van der Waals surface area (Å²) in [6, 6.07) is 5.32. The van der Waals surface area contributed by atoms with Crippen LogP contribution in [0.15, 0.2) is 18.2 Å². The Morgan fingerprint density at radius 2 is 2.37 bits per heavy atom. The lowest BCUT2D eigenvalue weighted by Crippen LogP contribution is -2.26. The first-order valence-corrected chi connectivity index (χ1v) is 6.73. The van der Waals surface area contributed by atoms with Gasteiger partial charge in [0.15, 0.2) is 0 Å². The lowest BCUT2D eigenvalue weighted by Gasteiger charge is -2.05. The van der Waals surface area contributed by atoms with Crippen LogP contribution in [-0.4, -0.2) is 23.7 Å². The van der Waals surface area contributed by atoms with Gasteiger partial charge < -0.3 is 10.4 Å². The van der Waals surface area contributed by atoms with Gasteiger partial charge in [-0.15, -0.1) is 0 Å². The highest BCUT2D eigenvalue weighted by atomic mass is 35.5. The van der Waals surface area contributed by atoms with Crippen LogP contribution in [0, 0.1) is 17.8 Å². The molecule has 1 aliphatic carbocycles. The molecular weight excluding hydrogens is 262 g/mol. The maximum atomic E-state index is 12.0. The Morgan fingerprint density at radius 3 is 2.95 bits per heavy atom. The van der Waals surface area contributed by atoms with Crippen molar-refractivity contribution in [1.29, 1.82) is 0 Å². The van der Waals surface area contributed by atoms with Gasteiger partial charge in [-0.2, -0.15) is 0 Å². The maximum Gasteiger partial charge on any atom is 0.251 e. The van der Waals surface area contributed by atoms with Gasteiger partial charge in [0, 0.05) is 17.2 Å². The third-order valence-corrected chi connectivity index (χ3v) is 3.61. The molecule has 19 heavy (non-hydrogen) atoms. The molecule has 1 aromatic carbocycles. The maximum absolute atomic E-state index is 12.0. The summed E-state index contributed by atoms with van der Waals surface area (Å²) in [5.41, 5.74) is 1.16. The predicted molar refractivity (Wildman–Crippen MR) is 75.1 cm³/mol. The third-order valence-electron chi connectivity index (χ3n) is 3.30. The minimum Gasteiger partial charge on any atom is -0.384 e. The zero-order chi connectivity index (χ0) is 13.8. The highest BCUT2D eigenvalue weighted by Gasteiger charge is 2.36. The number of carbonyl (C=O) groups is 1. The molecule has 0 bridgehead atoms. The first kappa shape index (κ1) is 13.9. The summed E-state index contributed by atoms with van der Waals surface area (Å²) < 4.78 is 0. The number of rotatable bonds is 3. The van der Waals surface area contributed by atoms with Gasteiger partial charge in [0.2, 0.25) is 0 Å². The van der Waals surface area contributed by atoms with Crippen molar-refractivity contribution in [2.45, 2.75) is 25.8 Å². The van der Waals surface area contributed by atoms with Crippen molar-refractivity contribution in [2.24, 2.45) is 5.92 Å². The molecule has 0 saturated heterocycles. The quantitative estimate of drug-likeness (QED) is 0.833. The van der Waals surface area contributed by atoms with E-state index in [4.69, 9.17) is 16.7 Å². The van der Waals surface area contributed by atoms with Gasteiger partial charge >= 0.3 is 0 Å². The number of benzene rings is 1. The standard InChI is InChI=1S/C15H16ClNO2/c1-2-10-9-14(10)17-15(19)12-6-5-11(4-3-7-18)13(16)8-12/h5-6,8,10,14,18H,2,7,9H2,1H3,(H,17,19). The summed E-state index contributed by atoms with van der Waals surface area (Å²) in [5.74, 6) is 5.79. The van der Waals surface area contributed by atoms with Crippen LogP contribution < -0.4 is 5.32 Å². The Morgan fingerprint density at radius 1 is 1.58 bits per heavy atom. The van der Waals surface area contributed by atoms with Gasteiger partial charge in [-0.3, -0.25) is 4.79 Å². The Kier molecular flexibility index (Phi) is 4.47. The lowest BCUT2D eigenvalue weighted by molar-refractivity contribution is 0.0949. The van der Waals surface area contributed by atoms with Crippen LogP contribution in [-0.2, 0) is 0 Å². The van der Waals surface area contributed by atoms with Gasteiger partial charge in [-0.25, -0.2) is 0 Å². The molecule has 0 aromatic heterocycles. The zero-order valence-corrected chi connectivity index (χ0v) is 11.5. The van der Waals surface area contributed by atoms with Crippen LogP contribution in [0.3, 0.4) is 0 Å². The summed E-state index contributed by atoms with van der Waals surface area (Å²) in [4.78, 5) is 12.0. The van der Waals surface area contributed by atoms with E-state index in [2.05, 4.69) is 24.1 Å². The van der Waals surface area contributed by atoms with Crippen LogP contribution in [0.4, 0.5) is 0 Å². The van der Waals surface area contributed by atoms with Crippen molar-refractivity contribution in [3.63, 3.8) is 0 Å². The molecule has 3 nitrogen and oxygen atoms in total. The van der Waals surface area contributed by atoms with Crippen LogP contribution in [0.2, 0.25) is 5.02 Å². The van der Waals surface area contributed by atoms with Crippen molar-refractivity contribution in [3.05, 3.63) is 34.3 Å². The molecule has 1 aromatic rings. The number of carbonyl (C=O) groups excluding carboxylic acids is 1. The van der Waals surface area contributed by atoms with E-state index < -0.39 is 0 Å². The Hall–Kier alpha value is -1.50. The van der Waals surface area contributed by atoms with E-state index in [1.165, 1.54) is 0 Å². The van der Waals surface area contributed by atoms with E-state index in [1.807, 2.05) is 0 Å². The zero-order valence-electron chi connectivity index (χ0n) is 10.7. The molecule has 2 rings (SSSR count). The van der Waals surface area contributed by atoms with Gasteiger partial charge in [0.05, 0.1) is 5.02 Å². The van der Waals surface area contributed by atoms with Gasteiger partial charge in [-0.05, 0) is 30.5 Å². The molecule has 0 aliphatic heterocycles. The molecule has 1 amide bonds. The van der Waals surface area contributed by atoms with Gasteiger partial charge in [0.25, 0.3) is 5.91 Å². The summed E-state index contributed by atoms with van der Waals surface area (Å²) >= 11 is 6.05. The van der Waals surface area contributed by atoms with Crippen LogP contribution in [0.5, 0.6) is 0 Å². The fourth-order valence-electron chi connectivity index (χ4n) is 2.02. The molecule has 1 fully saturated rings. The largest absolute Gasteiger partial charge is 0.384 e.